The summed E-state index contributed by atoms with van der Waals surface area (Å²) in [6.45, 7) is 23.4. The molecule has 0 aliphatic rings. The molecule has 2 heteroatoms. The average molecular weight is 420 g/mol. The summed E-state index contributed by atoms with van der Waals surface area (Å²) in [5, 5.41) is 0. The third-order valence-electron chi connectivity index (χ3n) is 2.63. The topological polar surface area (TPSA) is 0 Å². The molecular formula is C17H38Y2-2. The summed E-state index contributed by atoms with van der Waals surface area (Å²) in [5.74, 6) is 0.666. The van der Waals surface area contributed by atoms with Crippen molar-refractivity contribution in [1.82, 2.24) is 0 Å². The molecule has 1 atom stereocenters. The predicted molar refractivity (Wildman–Crippen MR) is 84.0 cm³/mol. The molecule has 0 saturated heterocycles. The summed E-state index contributed by atoms with van der Waals surface area (Å²) in [5.41, 5.74) is 0.922. The van der Waals surface area contributed by atoms with Gasteiger partial charge in [-0.2, -0.15) is 12.3 Å². The van der Waals surface area contributed by atoms with Crippen LogP contribution in [0.1, 0.15) is 81.6 Å². The van der Waals surface area contributed by atoms with Crippen LogP contribution in [0.4, 0.5) is 0 Å². The van der Waals surface area contributed by atoms with Gasteiger partial charge in [0.05, 0.1) is 0 Å². The maximum absolute atomic E-state index is 4.06. The fourth-order valence-corrected chi connectivity index (χ4v) is 0.841. The number of hydrogen-bond donors (Lipinski definition) is 0. The Bertz CT molecular complexity index is 152. The van der Waals surface area contributed by atoms with Gasteiger partial charge in [0, 0.05) is 65.4 Å². The first-order valence-electron chi connectivity index (χ1n) is 6.64. The van der Waals surface area contributed by atoms with Gasteiger partial charge >= 0.3 is 0 Å². The van der Waals surface area contributed by atoms with Gasteiger partial charge in [-0.15, -0.1) is 0 Å². The maximum Gasteiger partial charge on any atom is 0 e. The SMILES string of the molecule is C.[CH2-]C(CC)CCC(C)(C)C.[CH2-]CC(C)(C)C.[Y].[Y]. The summed E-state index contributed by atoms with van der Waals surface area (Å²) in [4.78, 5) is 0. The third kappa shape index (κ3) is 38.4. The molecule has 0 nitrogen and oxygen atoms in total. The van der Waals surface area contributed by atoms with E-state index in [1.165, 1.54) is 19.3 Å². The van der Waals surface area contributed by atoms with Crippen LogP contribution in [0.2, 0.25) is 0 Å². The molecule has 0 aliphatic heterocycles. The van der Waals surface area contributed by atoms with Gasteiger partial charge < -0.3 is 13.8 Å². The van der Waals surface area contributed by atoms with Crippen molar-refractivity contribution in [2.24, 2.45) is 16.7 Å². The summed E-state index contributed by atoms with van der Waals surface area (Å²) in [6.07, 6.45) is 4.82. The van der Waals surface area contributed by atoms with Crippen molar-refractivity contribution in [2.75, 3.05) is 0 Å². The third-order valence-corrected chi connectivity index (χ3v) is 2.63. The van der Waals surface area contributed by atoms with Crippen molar-refractivity contribution in [1.29, 1.82) is 0 Å². The molecule has 0 bridgehead atoms. The Morgan fingerprint density at radius 2 is 1.21 bits per heavy atom. The van der Waals surface area contributed by atoms with E-state index in [-0.39, 0.29) is 72.8 Å². The van der Waals surface area contributed by atoms with Crippen LogP contribution < -0.4 is 0 Å². The van der Waals surface area contributed by atoms with E-state index in [0.29, 0.717) is 16.7 Å². The van der Waals surface area contributed by atoms with Gasteiger partial charge in [0.2, 0.25) is 0 Å². The van der Waals surface area contributed by atoms with E-state index >= 15 is 0 Å². The average Bonchev–Trinajstić information content (AvgIpc) is 2.13. The van der Waals surface area contributed by atoms with Gasteiger partial charge in [0.25, 0.3) is 0 Å². The molecule has 19 heavy (non-hydrogen) atoms. The second-order valence-corrected chi connectivity index (χ2v) is 7.18. The Morgan fingerprint density at radius 3 is 1.37 bits per heavy atom. The molecule has 2 radical (unpaired) electrons. The first kappa shape index (κ1) is 33.0. The van der Waals surface area contributed by atoms with Crippen molar-refractivity contribution >= 4 is 0 Å². The largest absolute Gasteiger partial charge is 0.343 e. The van der Waals surface area contributed by atoms with E-state index in [0.717, 1.165) is 6.42 Å². The Balaban J connectivity index is -0.0000000646. The van der Waals surface area contributed by atoms with Gasteiger partial charge in [0.15, 0.2) is 0 Å². The molecule has 0 fully saturated rings. The Hall–Kier alpha value is 2.21. The van der Waals surface area contributed by atoms with E-state index < -0.39 is 0 Å². The second kappa shape index (κ2) is 16.6. The molecule has 0 rings (SSSR count). The molecule has 0 aliphatic carbocycles. The molecule has 114 valence electrons. The molecule has 0 aromatic rings. The summed E-state index contributed by atoms with van der Waals surface area (Å²) in [7, 11) is 0. The predicted octanol–water partition coefficient (Wildman–Crippen LogP) is 6.56. The summed E-state index contributed by atoms with van der Waals surface area (Å²) in [6, 6.07) is 0. The van der Waals surface area contributed by atoms with E-state index in [1.54, 1.807) is 0 Å². The van der Waals surface area contributed by atoms with Gasteiger partial charge in [0.1, 0.15) is 0 Å². The van der Waals surface area contributed by atoms with E-state index in [4.69, 9.17) is 0 Å². The first-order valence-corrected chi connectivity index (χ1v) is 6.64. The summed E-state index contributed by atoms with van der Waals surface area (Å²) < 4.78 is 0. The minimum absolute atomic E-state index is 0. The number of rotatable bonds is 3. The smallest absolute Gasteiger partial charge is 0 e. The van der Waals surface area contributed by atoms with E-state index in [9.17, 15) is 0 Å². The van der Waals surface area contributed by atoms with Crippen molar-refractivity contribution in [3.63, 3.8) is 0 Å². The quantitative estimate of drug-likeness (QED) is 0.454. The second-order valence-electron chi connectivity index (χ2n) is 7.18. The van der Waals surface area contributed by atoms with E-state index in [1.807, 2.05) is 0 Å². The van der Waals surface area contributed by atoms with Crippen molar-refractivity contribution in [2.45, 2.75) is 81.6 Å². The van der Waals surface area contributed by atoms with Crippen LogP contribution in [0.5, 0.6) is 0 Å². The van der Waals surface area contributed by atoms with E-state index in [2.05, 4.69) is 62.3 Å². The summed E-state index contributed by atoms with van der Waals surface area (Å²) >= 11 is 0. The Labute approximate surface area is 175 Å². The number of hydrogen-bond acceptors (Lipinski definition) is 0. The van der Waals surface area contributed by atoms with Crippen LogP contribution in [0, 0.1) is 30.6 Å². The Kier molecular flexibility index (Phi) is 28.8. The van der Waals surface area contributed by atoms with Crippen LogP contribution in [-0.2, 0) is 65.4 Å². The normalized spacial score (nSPS) is 11.8. The van der Waals surface area contributed by atoms with Crippen LogP contribution in [0.3, 0.4) is 0 Å². The maximum atomic E-state index is 4.06. The first-order chi connectivity index (χ1) is 7.02. The molecule has 0 heterocycles. The molecule has 0 N–H and O–H groups in total. The van der Waals surface area contributed by atoms with Crippen molar-refractivity contribution < 1.29 is 65.4 Å². The fourth-order valence-electron chi connectivity index (χ4n) is 0.841. The van der Waals surface area contributed by atoms with Crippen molar-refractivity contribution in [3.8, 4) is 0 Å². The zero-order chi connectivity index (χ0) is 13.4. The van der Waals surface area contributed by atoms with Gasteiger partial charge in [-0.1, -0.05) is 80.6 Å². The molecule has 0 aromatic carbocycles. The molecule has 0 saturated carbocycles. The molecule has 0 amide bonds. The zero-order valence-electron chi connectivity index (χ0n) is 14.0. The monoisotopic (exact) mass is 420 g/mol. The van der Waals surface area contributed by atoms with Crippen LogP contribution >= 0.6 is 0 Å². The molecular weight excluding hydrogens is 382 g/mol. The van der Waals surface area contributed by atoms with Crippen LogP contribution in [0.15, 0.2) is 0 Å². The minimum atomic E-state index is 0. The Morgan fingerprint density at radius 1 is 0.895 bits per heavy atom. The van der Waals surface area contributed by atoms with Crippen LogP contribution in [-0.4, -0.2) is 0 Å². The molecule has 0 spiro atoms. The van der Waals surface area contributed by atoms with Gasteiger partial charge in [-0.05, 0) is 5.41 Å². The minimum Gasteiger partial charge on any atom is -0.343 e. The van der Waals surface area contributed by atoms with Crippen molar-refractivity contribution in [3.05, 3.63) is 13.8 Å². The van der Waals surface area contributed by atoms with Crippen LogP contribution in [0.25, 0.3) is 0 Å². The molecule has 1 unspecified atom stereocenters. The van der Waals surface area contributed by atoms with Gasteiger partial charge in [-0.3, -0.25) is 0 Å². The van der Waals surface area contributed by atoms with Gasteiger partial charge in [-0.25, -0.2) is 0 Å². The zero-order valence-corrected chi connectivity index (χ0v) is 19.7. The fraction of sp³-hybridized carbons (Fsp3) is 0.882. The standard InChI is InChI=1S/C10H21.C6H13.CH4.2Y/c1-6-9(2)7-8-10(3,4)5;1-5-6(2,3)4;;;/h9H,2,6-8H2,1,3-5H3;1,5H2,2-4H3;1H4;;/q2*-1;;;. The molecule has 0 aromatic heterocycles.